The molecule has 1 aliphatic rings. The second kappa shape index (κ2) is 35.3. The number of carboxylic acid groups (broad SMARTS) is 1. The van der Waals surface area contributed by atoms with Crippen LogP contribution in [0.25, 0.3) is 0 Å². The molecular weight excluding hydrogens is 751 g/mol. The zero-order valence-corrected chi connectivity index (χ0v) is 37.9. The number of carbonyl (C=O) groups excluding carboxylic acids is 3. The van der Waals surface area contributed by atoms with E-state index in [2.05, 4.69) is 24.5 Å². The van der Waals surface area contributed by atoms with E-state index in [0.717, 1.165) is 38.5 Å². The molecule has 0 saturated carbocycles. The van der Waals surface area contributed by atoms with Crippen LogP contribution in [0.2, 0.25) is 0 Å². The molecule has 0 unspecified atom stereocenters. The largest absolute Gasteiger partial charge is 0.481 e. The summed E-state index contributed by atoms with van der Waals surface area (Å²) >= 11 is 0. The molecule has 0 aromatic heterocycles. The molecule has 6 atom stereocenters. The van der Waals surface area contributed by atoms with E-state index in [1.54, 1.807) is 4.90 Å². The van der Waals surface area contributed by atoms with Gasteiger partial charge in [-0.3, -0.25) is 19.2 Å². The minimum Gasteiger partial charge on any atom is -0.481 e. The highest BCUT2D eigenvalue weighted by atomic mass is 16.5. The maximum absolute atomic E-state index is 14.1. The van der Waals surface area contributed by atoms with Crippen molar-refractivity contribution in [3.63, 3.8) is 0 Å². The van der Waals surface area contributed by atoms with E-state index in [-0.39, 0.29) is 43.9 Å². The fourth-order valence-electron chi connectivity index (χ4n) is 8.11. The number of aliphatic hydroxyl groups excluding tert-OH is 3. The zero-order chi connectivity index (χ0) is 43.7. The normalized spacial score (nSPS) is 19.8. The number of hydrogen-bond donors (Lipinski definition) is 6. The van der Waals surface area contributed by atoms with Gasteiger partial charge in [0.2, 0.25) is 17.7 Å². The quantitative estimate of drug-likeness (QED) is 0.0331. The molecule has 346 valence electrons. The molecule has 0 aromatic carbocycles. The number of amides is 3. The topological polar surface area (TPSA) is 186 Å². The Labute approximate surface area is 358 Å². The van der Waals surface area contributed by atoms with Gasteiger partial charge in [0.05, 0.1) is 6.61 Å². The summed E-state index contributed by atoms with van der Waals surface area (Å²) in [5.41, 5.74) is 0. The molecule has 3 amide bonds. The van der Waals surface area contributed by atoms with Crippen molar-refractivity contribution in [1.82, 2.24) is 15.5 Å². The van der Waals surface area contributed by atoms with Crippen LogP contribution in [-0.4, -0.2) is 98.8 Å². The standard InChI is InChI=1S/C47H89N3O9/c1-5-7-9-11-13-15-17-18-19-20-21-22-24-26-28-32-41(53)50(34-29-27-25-23-16-14-12-10-8-6-2)47-43(45(57)44(56)39(36-51)59-47)49-46(58)38(35-37(3)4)48-40(52)31-30-33-42(54)55/h37-39,43-45,47,51,56-57H,5-36H2,1-4H3,(H,48,52)(H,49,58)(H,54,55)/t38-,39+,43-,44+,45+,47+/m0/s1. The van der Waals surface area contributed by atoms with E-state index in [4.69, 9.17) is 9.84 Å². The Bertz CT molecular complexity index is 1090. The minimum atomic E-state index is -1.56. The lowest BCUT2D eigenvalue weighted by atomic mass is 9.93. The number of nitrogens with zero attached hydrogens (tertiary/aromatic N) is 1. The third-order valence-corrected chi connectivity index (χ3v) is 11.7. The van der Waals surface area contributed by atoms with E-state index in [1.807, 2.05) is 13.8 Å². The number of carbonyl (C=O) groups is 4. The van der Waals surface area contributed by atoms with Gasteiger partial charge in [0.15, 0.2) is 6.23 Å². The molecule has 12 nitrogen and oxygen atoms in total. The Hall–Kier alpha value is -2.28. The SMILES string of the molecule is CCCCCCCCCCCCCCCCCC(=O)N(CCCCCCCCCCCC)[C@@H]1O[C@H](CO)[C@@H](O)[C@H](O)[C@@H]1NC(=O)[C@H](CC(C)C)NC(=O)CCCC(=O)O. The first kappa shape index (κ1) is 54.7. The number of rotatable bonds is 38. The van der Waals surface area contributed by atoms with Crippen molar-refractivity contribution in [2.24, 2.45) is 5.92 Å². The highest BCUT2D eigenvalue weighted by molar-refractivity contribution is 5.88. The van der Waals surface area contributed by atoms with Crippen molar-refractivity contribution >= 4 is 23.7 Å². The summed E-state index contributed by atoms with van der Waals surface area (Å²) < 4.78 is 6.19. The van der Waals surface area contributed by atoms with Gasteiger partial charge in [0.25, 0.3) is 0 Å². The average molecular weight is 840 g/mol. The van der Waals surface area contributed by atoms with Gasteiger partial charge in [-0.05, 0) is 31.6 Å². The number of aliphatic hydroxyl groups is 3. The van der Waals surface area contributed by atoms with Crippen LogP contribution >= 0.6 is 0 Å². The minimum absolute atomic E-state index is 0.00192. The Kier molecular flexibility index (Phi) is 32.8. The number of unbranched alkanes of at least 4 members (excludes halogenated alkanes) is 23. The Balaban J connectivity index is 2.95. The molecule has 1 fully saturated rings. The first-order chi connectivity index (χ1) is 28.5. The van der Waals surface area contributed by atoms with Crippen LogP contribution in [0.15, 0.2) is 0 Å². The molecule has 0 bridgehead atoms. The summed E-state index contributed by atoms with van der Waals surface area (Å²) in [6.07, 6.45) is 24.5. The Morgan fingerprint density at radius 3 is 1.51 bits per heavy atom. The van der Waals surface area contributed by atoms with Crippen LogP contribution in [0.3, 0.4) is 0 Å². The number of ether oxygens (including phenoxy) is 1. The smallest absolute Gasteiger partial charge is 0.303 e. The van der Waals surface area contributed by atoms with Gasteiger partial charge in [0, 0.05) is 25.8 Å². The molecular formula is C47H89N3O9. The third-order valence-electron chi connectivity index (χ3n) is 11.7. The van der Waals surface area contributed by atoms with Crippen molar-refractivity contribution in [3.05, 3.63) is 0 Å². The number of carboxylic acids is 1. The van der Waals surface area contributed by atoms with Crippen molar-refractivity contribution in [2.75, 3.05) is 13.2 Å². The maximum atomic E-state index is 14.1. The predicted octanol–water partition coefficient (Wildman–Crippen LogP) is 8.71. The van der Waals surface area contributed by atoms with Crippen molar-refractivity contribution in [3.8, 4) is 0 Å². The second-order valence-electron chi connectivity index (χ2n) is 17.7. The maximum Gasteiger partial charge on any atom is 0.303 e. The van der Waals surface area contributed by atoms with E-state index in [0.29, 0.717) is 19.4 Å². The van der Waals surface area contributed by atoms with Crippen molar-refractivity contribution in [2.45, 2.75) is 257 Å². The first-order valence-corrected chi connectivity index (χ1v) is 24.2. The Morgan fingerprint density at radius 2 is 1.07 bits per heavy atom. The van der Waals surface area contributed by atoms with Gasteiger partial charge < -0.3 is 40.7 Å². The van der Waals surface area contributed by atoms with Crippen LogP contribution in [0.5, 0.6) is 0 Å². The highest BCUT2D eigenvalue weighted by Crippen LogP contribution is 2.26. The zero-order valence-electron chi connectivity index (χ0n) is 37.9. The lowest BCUT2D eigenvalue weighted by molar-refractivity contribution is -0.231. The molecule has 1 heterocycles. The van der Waals surface area contributed by atoms with Crippen LogP contribution in [0, 0.1) is 5.92 Å². The van der Waals surface area contributed by atoms with E-state index in [9.17, 15) is 34.5 Å². The van der Waals surface area contributed by atoms with E-state index < -0.39 is 61.0 Å². The first-order valence-electron chi connectivity index (χ1n) is 24.2. The molecule has 59 heavy (non-hydrogen) atoms. The average Bonchev–Trinajstić information content (AvgIpc) is 3.20. The van der Waals surface area contributed by atoms with Gasteiger partial charge in [-0.15, -0.1) is 0 Å². The fraction of sp³-hybridized carbons (Fsp3) is 0.915. The monoisotopic (exact) mass is 840 g/mol. The molecule has 12 heteroatoms. The second-order valence-corrected chi connectivity index (χ2v) is 17.7. The lowest BCUT2D eigenvalue weighted by Crippen LogP contribution is -2.70. The van der Waals surface area contributed by atoms with E-state index >= 15 is 0 Å². The summed E-state index contributed by atoms with van der Waals surface area (Å²) in [5, 5.41) is 47.0. The summed E-state index contributed by atoms with van der Waals surface area (Å²) in [6, 6.07) is -2.23. The molecule has 0 spiro atoms. The molecule has 0 aromatic rings. The van der Waals surface area contributed by atoms with Gasteiger partial charge >= 0.3 is 5.97 Å². The summed E-state index contributed by atoms with van der Waals surface area (Å²) in [7, 11) is 0. The van der Waals surface area contributed by atoms with Crippen molar-refractivity contribution in [1.29, 1.82) is 0 Å². The van der Waals surface area contributed by atoms with Crippen LogP contribution < -0.4 is 10.6 Å². The molecule has 1 aliphatic heterocycles. The summed E-state index contributed by atoms with van der Waals surface area (Å²) in [4.78, 5) is 53.2. The lowest BCUT2D eigenvalue weighted by Gasteiger charge is -2.47. The molecule has 1 rings (SSSR count). The van der Waals surface area contributed by atoms with Gasteiger partial charge in [0.1, 0.15) is 30.4 Å². The van der Waals surface area contributed by atoms with E-state index in [1.165, 1.54) is 109 Å². The third kappa shape index (κ3) is 25.9. The molecule has 1 saturated heterocycles. The van der Waals surface area contributed by atoms with Crippen LogP contribution in [-0.2, 0) is 23.9 Å². The van der Waals surface area contributed by atoms with Crippen molar-refractivity contribution < 1.29 is 44.3 Å². The Morgan fingerprint density at radius 1 is 0.610 bits per heavy atom. The number of nitrogens with one attached hydrogen (secondary N) is 2. The number of aliphatic carboxylic acids is 1. The molecule has 6 N–H and O–H groups in total. The van der Waals surface area contributed by atoms with Crippen LogP contribution in [0.4, 0.5) is 0 Å². The van der Waals surface area contributed by atoms with Gasteiger partial charge in [-0.25, -0.2) is 0 Å². The summed E-state index contributed by atoms with van der Waals surface area (Å²) in [6.45, 7) is 8.02. The molecule has 0 radical (unpaired) electrons. The van der Waals surface area contributed by atoms with Gasteiger partial charge in [-0.2, -0.15) is 0 Å². The fourth-order valence-corrected chi connectivity index (χ4v) is 8.11. The van der Waals surface area contributed by atoms with Crippen LogP contribution in [0.1, 0.15) is 220 Å². The van der Waals surface area contributed by atoms with Gasteiger partial charge in [-0.1, -0.05) is 175 Å². The summed E-state index contributed by atoms with van der Waals surface area (Å²) in [5.74, 6) is -2.24. The highest BCUT2D eigenvalue weighted by Gasteiger charge is 2.48. The molecule has 0 aliphatic carbocycles. The predicted molar refractivity (Wildman–Crippen MR) is 236 cm³/mol. The number of hydrogen-bond acceptors (Lipinski definition) is 8.